The number of nitrogens with zero attached hydrogens (tertiary/aromatic N) is 1. The molecule has 24 heavy (non-hydrogen) atoms. The number of hydrogen-bond donors (Lipinski definition) is 1. The summed E-state index contributed by atoms with van der Waals surface area (Å²) in [7, 11) is 0. The first kappa shape index (κ1) is 15.6. The van der Waals surface area contributed by atoms with Gasteiger partial charge in [0.25, 0.3) is 5.69 Å². The quantitative estimate of drug-likeness (QED) is 0.654. The number of amides is 1. The Morgan fingerprint density at radius 1 is 1.08 bits per heavy atom. The van der Waals surface area contributed by atoms with Gasteiger partial charge in [-0.15, -0.1) is 0 Å². The summed E-state index contributed by atoms with van der Waals surface area (Å²) in [6.07, 6.45) is 6.71. The highest BCUT2D eigenvalue weighted by atomic mass is 16.6. The SMILES string of the molecule is C[C@]12CC3CC(C(=O)Nc4ccc([N+](=O)[O-])cc4)(C1)C[C@@](C)(C3)C2. The van der Waals surface area contributed by atoms with Crippen LogP contribution in [0.25, 0.3) is 0 Å². The zero-order valence-electron chi connectivity index (χ0n) is 14.3. The van der Waals surface area contributed by atoms with Crippen molar-refractivity contribution < 1.29 is 9.72 Å². The molecule has 4 saturated carbocycles. The molecule has 5 heteroatoms. The number of nitrogens with one attached hydrogen (secondary N) is 1. The summed E-state index contributed by atoms with van der Waals surface area (Å²) in [5.74, 6) is 0.775. The molecule has 0 saturated heterocycles. The minimum absolute atomic E-state index is 0.0443. The van der Waals surface area contributed by atoms with Crippen molar-refractivity contribution in [1.82, 2.24) is 0 Å². The van der Waals surface area contributed by atoms with Crippen molar-refractivity contribution in [3.05, 3.63) is 34.4 Å². The lowest BCUT2D eigenvalue weighted by Crippen LogP contribution is -2.58. The van der Waals surface area contributed by atoms with E-state index >= 15 is 0 Å². The Balaban J connectivity index is 1.57. The predicted molar refractivity (Wildman–Crippen MR) is 91.6 cm³/mol. The Morgan fingerprint density at radius 3 is 2.17 bits per heavy atom. The Kier molecular flexibility index (Phi) is 3.12. The molecule has 4 atom stereocenters. The summed E-state index contributed by atoms with van der Waals surface area (Å²) < 4.78 is 0. The second kappa shape index (κ2) is 4.80. The minimum Gasteiger partial charge on any atom is -0.326 e. The van der Waals surface area contributed by atoms with Gasteiger partial charge >= 0.3 is 0 Å². The molecule has 0 spiro atoms. The van der Waals surface area contributed by atoms with Crippen molar-refractivity contribution in [2.24, 2.45) is 22.2 Å². The Morgan fingerprint density at radius 2 is 1.67 bits per heavy atom. The zero-order valence-corrected chi connectivity index (χ0v) is 14.3. The number of carbonyl (C=O) groups is 1. The molecule has 4 aliphatic rings. The van der Waals surface area contributed by atoms with Crippen molar-refractivity contribution in [2.75, 3.05) is 5.32 Å². The fraction of sp³-hybridized carbons (Fsp3) is 0.632. The first-order chi connectivity index (χ1) is 11.2. The number of anilines is 1. The van der Waals surface area contributed by atoms with Gasteiger partial charge < -0.3 is 5.32 Å². The Hall–Kier alpha value is -1.91. The number of rotatable bonds is 3. The summed E-state index contributed by atoms with van der Waals surface area (Å²) >= 11 is 0. The number of non-ortho nitro benzene ring substituents is 1. The maximum absolute atomic E-state index is 13.1. The first-order valence-electron chi connectivity index (χ1n) is 8.77. The number of hydrogen-bond acceptors (Lipinski definition) is 3. The van der Waals surface area contributed by atoms with Gasteiger partial charge in [-0.05, 0) is 67.4 Å². The average molecular weight is 328 g/mol. The van der Waals surface area contributed by atoms with Crippen LogP contribution in [0.1, 0.15) is 52.4 Å². The van der Waals surface area contributed by atoms with E-state index in [0.717, 1.165) is 19.3 Å². The molecule has 4 fully saturated rings. The number of benzene rings is 1. The van der Waals surface area contributed by atoms with Gasteiger partial charge in [0, 0.05) is 17.8 Å². The molecule has 1 N–H and O–H groups in total. The van der Waals surface area contributed by atoms with E-state index in [1.54, 1.807) is 12.1 Å². The van der Waals surface area contributed by atoms with E-state index in [2.05, 4.69) is 19.2 Å². The van der Waals surface area contributed by atoms with E-state index < -0.39 is 4.92 Å². The molecule has 4 bridgehead atoms. The zero-order chi connectivity index (χ0) is 17.2. The van der Waals surface area contributed by atoms with Gasteiger partial charge in [-0.1, -0.05) is 13.8 Å². The van der Waals surface area contributed by atoms with Crippen molar-refractivity contribution in [2.45, 2.75) is 52.4 Å². The molecule has 2 unspecified atom stereocenters. The monoisotopic (exact) mass is 328 g/mol. The summed E-state index contributed by atoms with van der Waals surface area (Å²) in [4.78, 5) is 23.5. The summed E-state index contributed by atoms with van der Waals surface area (Å²) in [5, 5.41) is 13.8. The van der Waals surface area contributed by atoms with E-state index in [4.69, 9.17) is 0 Å². The lowest BCUT2D eigenvalue weighted by atomic mass is 9.40. The molecule has 1 aromatic carbocycles. The van der Waals surface area contributed by atoms with Crippen LogP contribution >= 0.6 is 0 Å². The van der Waals surface area contributed by atoms with Gasteiger partial charge in [0.05, 0.1) is 10.3 Å². The molecular weight excluding hydrogens is 304 g/mol. The molecule has 1 aromatic rings. The van der Waals surface area contributed by atoms with Gasteiger partial charge in [-0.3, -0.25) is 14.9 Å². The van der Waals surface area contributed by atoms with Crippen LogP contribution in [-0.4, -0.2) is 10.8 Å². The van der Waals surface area contributed by atoms with E-state index in [-0.39, 0.29) is 17.0 Å². The third kappa shape index (κ3) is 2.41. The molecule has 5 rings (SSSR count). The third-order valence-corrected chi connectivity index (χ3v) is 6.44. The minimum atomic E-state index is -0.424. The van der Waals surface area contributed by atoms with Crippen LogP contribution in [0.2, 0.25) is 0 Å². The van der Waals surface area contributed by atoms with Gasteiger partial charge in [0.2, 0.25) is 5.91 Å². The van der Waals surface area contributed by atoms with E-state index in [9.17, 15) is 14.9 Å². The van der Waals surface area contributed by atoms with Crippen LogP contribution in [0.5, 0.6) is 0 Å². The fourth-order valence-electron chi connectivity index (χ4n) is 6.63. The standard InChI is InChI=1S/C19H24N2O3/c1-17-7-13-8-18(2,10-17)12-19(9-13,11-17)16(22)20-14-3-5-15(6-4-14)21(23)24/h3-6,13H,7-12H2,1-2H3,(H,20,22)/t13?,17-,18+,19?. The lowest BCUT2D eigenvalue weighted by Gasteiger charge is -2.64. The number of carbonyl (C=O) groups excluding carboxylic acids is 1. The average Bonchev–Trinajstić information content (AvgIpc) is 2.43. The first-order valence-corrected chi connectivity index (χ1v) is 8.77. The third-order valence-electron chi connectivity index (χ3n) is 6.44. The van der Waals surface area contributed by atoms with Crippen LogP contribution in [0, 0.1) is 32.3 Å². The molecule has 0 heterocycles. The molecule has 1 amide bonds. The molecule has 0 radical (unpaired) electrons. The predicted octanol–water partition coefficient (Wildman–Crippen LogP) is 4.53. The normalized spacial score (nSPS) is 39.7. The summed E-state index contributed by atoms with van der Waals surface area (Å²) in [5.41, 5.74) is 1.02. The number of nitro benzene ring substituents is 1. The molecule has 0 aromatic heterocycles. The summed E-state index contributed by atoms with van der Waals surface area (Å²) in [6, 6.07) is 6.13. The van der Waals surface area contributed by atoms with Crippen molar-refractivity contribution in [3.8, 4) is 0 Å². The topological polar surface area (TPSA) is 72.2 Å². The van der Waals surface area contributed by atoms with Crippen LogP contribution in [0.4, 0.5) is 11.4 Å². The highest BCUT2D eigenvalue weighted by molar-refractivity contribution is 5.95. The maximum atomic E-state index is 13.1. The smallest absolute Gasteiger partial charge is 0.269 e. The van der Waals surface area contributed by atoms with Crippen LogP contribution < -0.4 is 5.32 Å². The van der Waals surface area contributed by atoms with Crippen molar-refractivity contribution in [1.29, 1.82) is 0 Å². The van der Waals surface area contributed by atoms with Crippen molar-refractivity contribution in [3.63, 3.8) is 0 Å². The molecule has 5 nitrogen and oxygen atoms in total. The van der Waals surface area contributed by atoms with Crippen LogP contribution in [-0.2, 0) is 4.79 Å². The van der Waals surface area contributed by atoms with Gasteiger partial charge in [0.15, 0.2) is 0 Å². The molecule has 4 aliphatic carbocycles. The Bertz CT molecular complexity index is 694. The second-order valence-corrected chi connectivity index (χ2v) is 9.17. The largest absolute Gasteiger partial charge is 0.326 e. The van der Waals surface area contributed by atoms with E-state index in [1.165, 1.54) is 31.4 Å². The van der Waals surface area contributed by atoms with Gasteiger partial charge in [0.1, 0.15) is 0 Å². The van der Waals surface area contributed by atoms with Crippen LogP contribution in [0.15, 0.2) is 24.3 Å². The molecular formula is C19H24N2O3. The molecule has 128 valence electrons. The highest BCUT2D eigenvalue weighted by Gasteiger charge is 2.62. The lowest BCUT2D eigenvalue weighted by molar-refractivity contribution is -0.384. The molecule has 0 aliphatic heterocycles. The van der Waals surface area contributed by atoms with E-state index in [1.807, 2.05) is 0 Å². The van der Waals surface area contributed by atoms with Gasteiger partial charge in [-0.25, -0.2) is 0 Å². The second-order valence-electron chi connectivity index (χ2n) is 9.17. The van der Waals surface area contributed by atoms with Crippen molar-refractivity contribution >= 4 is 17.3 Å². The van der Waals surface area contributed by atoms with Crippen LogP contribution in [0.3, 0.4) is 0 Å². The summed E-state index contributed by atoms with van der Waals surface area (Å²) in [6.45, 7) is 4.70. The highest BCUT2D eigenvalue weighted by Crippen LogP contribution is 2.69. The number of nitro groups is 1. The van der Waals surface area contributed by atoms with E-state index in [0.29, 0.717) is 22.4 Å². The van der Waals surface area contributed by atoms with Gasteiger partial charge in [-0.2, -0.15) is 0 Å². The maximum Gasteiger partial charge on any atom is 0.269 e. The Labute approximate surface area is 142 Å². The fourth-order valence-corrected chi connectivity index (χ4v) is 6.63.